The molecule has 0 aromatic heterocycles. The summed E-state index contributed by atoms with van der Waals surface area (Å²) < 4.78 is 26.1. The van der Waals surface area contributed by atoms with Crippen LogP contribution in [-0.2, 0) is 19.6 Å². The molecule has 1 unspecified atom stereocenters. The molecular weight excluding hydrogens is 354 g/mol. The van der Waals surface area contributed by atoms with Crippen LogP contribution in [0, 0.1) is 19.8 Å². The highest BCUT2D eigenvalue weighted by atomic mass is 32.2. The van der Waals surface area contributed by atoms with E-state index in [0.717, 1.165) is 17.4 Å². The lowest BCUT2D eigenvalue weighted by atomic mass is 9.96. The Morgan fingerprint density at radius 3 is 2.31 bits per heavy atom. The number of anilines is 1. The second-order valence-electron chi connectivity index (χ2n) is 7.03. The molecule has 1 saturated heterocycles. The first-order valence-corrected chi connectivity index (χ1v) is 10.5. The lowest BCUT2D eigenvalue weighted by Crippen LogP contribution is -2.52. The standard InChI is InChI=1S/C18H27N3O4S/c1-12-5-6-13(2)16(11-12)21(26(4,24)25)14(3)18(23)20-9-7-15(8-10-20)17(19)22/h5-6,11,14-15H,7-10H2,1-4H3,(H2,19,22). The van der Waals surface area contributed by atoms with Crippen molar-refractivity contribution in [3.8, 4) is 0 Å². The van der Waals surface area contributed by atoms with Gasteiger partial charge in [-0.15, -0.1) is 0 Å². The van der Waals surface area contributed by atoms with E-state index in [1.165, 1.54) is 4.31 Å². The molecule has 1 aliphatic rings. The van der Waals surface area contributed by atoms with Gasteiger partial charge in [0.1, 0.15) is 6.04 Å². The SMILES string of the molecule is Cc1ccc(C)c(N(C(C)C(=O)N2CCC(C(N)=O)CC2)S(C)(=O)=O)c1. The summed E-state index contributed by atoms with van der Waals surface area (Å²) in [6.07, 6.45) is 2.13. The van der Waals surface area contributed by atoms with Gasteiger partial charge in [0.25, 0.3) is 0 Å². The van der Waals surface area contributed by atoms with Crippen LogP contribution in [0.2, 0.25) is 0 Å². The van der Waals surface area contributed by atoms with E-state index in [-0.39, 0.29) is 17.7 Å². The summed E-state index contributed by atoms with van der Waals surface area (Å²) in [5.41, 5.74) is 7.55. The van der Waals surface area contributed by atoms with Crippen molar-refractivity contribution in [2.24, 2.45) is 11.7 Å². The van der Waals surface area contributed by atoms with Gasteiger partial charge in [-0.3, -0.25) is 13.9 Å². The molecule has 7 nitrogen and oxygen atoms in total. The average Bonchev–Trinajstić information content (AvgIpc) is 2.56. The molecule has 26 heavy (non-hydrogen) atoms. The van der Waals surface area contributed by atoms with Crippen LogP contribution in [0.5, 0.6) is 0 Å². The molecule has 1 fully saturated rings. The van der Waals surface area contributed by atoms with E-state index >= 15 is 0 Å². The van der Waals surface area contributed by atoms with Gasteiger partial charge in [0.2, 0.25) is 21.8 Å². The molecule has 144 valence electrons. The van der Waals surface area contributed by atoms with Gasteiger partial charge in [-0.1, -0.05) is 12.1 Å². The van der Waals surface area contributed by atoms with Crippen molar-refractivity contribution in [1.29, 1.82) is 0 Å². The Bertz CT molecular complexity index is 799. The molecule has 0 saturated carbocycles. The predicted molar refractivity (Wildman–Crippen MR) is 101 cm³/mol. The highest BCUT2D eigenvalue weighted by Gasteiger charge is 2.35. The molecule has 2 amide bonds. The number of rotatable bonds is 5. The number of nitrogens with two attached hydrogens (primary N) is 1. The molecule has 1 atom stereocenters. The number of aryl methyl sites for hydroxylation is 2. The first-order valence-electron chi connectivity index (χ1n) is 8.67. The van der Waals surface area contributed by atoms with Crippen molar-refractivity contribution in [3.05, 3.63) is 29.3 Å². The normalized spacial score (nSPS) is 17.0. The van der Waals surface area contributed by atoms with Gasteiger partial charge >= 0.3 is 0 Å². The van der Waals surface area contributed by atoms with Crippen LogP contribution in [0.1, 0.15) is 30.9 Å². The molecule has 2 N–H and O–H groups in total. The number of carbonyl (C=O) groups is 2. The fourth-order valence-electron chi connectivity index (χ4n) is 3.38. The highest BCUT2D eigenvalue weighted by Crippen LogP contribution is 2.27. The maximum atomic E-state index is 12.9. The van der Waals surface area contributed by atoms with Gasteiger partial charge in [0.05, 0.1) is 11.9 Å². The van der Waals surface area contributed by atoms with Gasteiger partial charge < -0.3 is 10.6 Å². The summed E-state index contributed by atoms with van der Waals surface area (Å²) >= 11 is 0. The third kappa shape index (κ3) is 4.35. The van der Waals surface area contributed by atoms with Crippen molar-refractivity contribution in [2.75, 3.05) is 23.7 Å². The number of nitrogens with zero attached hydrogens (tertiary/aromatic N) is 2. The van der Waals surface area contributed by atoms with Gasteiger partial charge in [-0.2, -0.15) is 0 Å². The summed E-state index contributed by atoms with van der Waals surface area (Å²) in [4.78, 5) is 25.8. The summed E-state index contributed by atoms with van der Waals surface area (Å²) in [7, 11) is -3.65. The lowest BCUT2D eigenvalue weighted by molar-refractivity contribution is -0.135. The first kappa shape index (κ1) is 20.2. The number of hydrogen-bond donors (Lipinski definition) is 1. The summed E-state index contributed by atoms with van der Waals surface area (Å²) in [6, 6.07) is 4.66. The van der Waals surface area contributed by atoms with E-state index in [4.69, 9.17) is 5.73 Å². The fourth-order valence-corrected chi connectivity index (χ4v) is 4.60. The monoisotopic (exact) mass is 381 g/mol. The number of primary amides is 1. The quantitative estimate of drug-likeness (QED) is 0.827. The van der Waals surface area contributed by atoms with Gasteiger partial charge in [-0.25, -0.2) is 8.42 Å². The van der Waals surface area contributed by atoms with Crippen molar-refractivity contribution in [3.63, 3.8) is 0 Å². The number of benzene rings is 1. The largest absolute Gasteiger partial charge is 0.369 e. The zero-order valence-electron chi connectivity index (χ0n) is 15.7. The van der Waals surface area contributed by atoms with Crippen LogP contribution in [0.3, 0.4) is 0 Å². The zero-order chi connectivity index (χ0) is 19.6. The topological polar surface area (TPSA) is 101 Å². The van der Waals surface area contributed by atoms with Crippen LogP contribution in [-0.4, -0.2) is 50.5 Å². The number of piperidine rings is 1. The summed E-state index contributed by atoms with van der Waals surface area (Å²) in [5.74, 6) is -0.836. The third-order valence-corrected chi connectivity index (χ3v) is 6.11. The Morgan fingerprint density at radius 2 is 1.81 bits per heavy atom. The minimum Gasteiger partial charge on any atom is -0.369 e. The van der Waals surface area contributed by atoms with E-state index in [1.54, 1.807) is 17.9 Å². The van der Waals surface area contributed by atoms with E-state index in [1.807, 2.05) is 26.0 Å². The van der Waals surface area contributed by atoms with Gasteiger partial charge in [0.15, 0.2) is 0 Å². The average molecular weight is 381 g/mol. The maximum absolute atomic E-state index is 12.9. The van der Waals surface area contributed by atoms with Crippen molar-refractivity contribution < 1.29 is 18.0 Å². The molecule has 0 bridgehead atoms. The van der Waals surface area contributed by atoms with Crippen LogP contribution in [0.15, 0.2) is 18.2 Å². The fraction of sp³-hybridized carbons (Fsp3) is 0.556. The van der Waals surface area contributed by atoms with Crippen molar-refractivity contribution in [1.82, 2.24) is 4.90 Å². The lowest BCUT2D eigenvalue weighted by Gasteiger charge is -2.36. The second-order valence-corrected chi connectivity index (χ2v) is 8.89. The van der Waals surface area contributed by atoms with E-state index in [0.29, 0.717) is 31.6 Å². The molecule has 0 aliphatic carbocycles. The zero-order valence-corrected chi connectivity index (χ0v) is 16.5. The number of likely N-dealkylation sites (tertiary alicyclic amines) is 1. The molecule has 2 rings (SSSR count). The molecule has 0 spiro atoms. The van der Waals surface area contributed by atoms with Gasteiger partial charge in [-0.05, 0) is 50.8 Å². The Kier molecular flexibility index (Phi) is 5.95. The minimum absolute atomic E-state index is 0.223. The van der Waals surface area contributed by atoms with Gasteiger partial charge in [0, 0.05) is 19.0 Å². The third-order valence-electron chi connectivity index (χ3n) is 4.88. The van der Waals surface area contributed by atoms with Crippen LogP contribution >= 0.6 is 0 Å². The second kappa shape index (κ2) is 7.65. The molecule has 1 aromatic rings. The van der Waals surface area contributed by atoms with E-state index in [9.17, 15) is 18.0 Å². The highest BCUT2D eigenvalue weighted by molar-refractivity contribution is 7.92. The minimum atomic E-state index is -3.65. The smallest absolute Gasteiger partial charge is 0.246 e. The van der Waals surface area contributed by atoms with E-state index in [2.05, 4.69) is 0 Å². The number of amides is 2. The number of hydrogen-bond acceptors (Lipinski definition) is 4. The Hall–Kier alpha value is -2.09. The summed E-state index contributed by atoms with van der Waals surface area (Å²) in [6.45, 7) is 6.11. The Morgan fingerprint density at radius 1 is 1.23 bits per heavy atom. The first-order chi connectivity index (χ1) is 12.0. The van der Waals surface area contributed by atoms with Crippen molar-refractivity contribution in [2.45, 2.75) is 39.7 Å². The molecule has 1 heterocycles. The molecule has 1 aromatic carbocycles. The molecule has 0 radical (unpaired) electrons. The number of sulfonamides is 1. The molecular formula is C18H27N3O4S. The predicted octanol–water partition coefficient (Wildman–Crippen LogP) is 1.18. The van der Waals surface area contributed by atoms with Crippen molar-refractivity contribution >= 4 is 27.5 Å². The number of carbonyl (C=O) groups excluding carboxylic acids is 2. The Labute approximate surface area is 155 Å². The van der Waals surface area contributed by atoms with Crippen LogP contribution < -0.4 is 10.0 Å². The van der Waals surface area contributed by atoms with E-state index < -0.39 is 16.1 Å². The molecule has 1 aliphatic heterocycles. The Balaban J connectivity index is 2.28. The maximum Gasteiger partial charge on any atom is 0.246 e. The molecule has 8 heteroatoms. The van der Waals surface area contributed by atoms with Crippen LogP contribution in [0.4, 0.5) is 5.69 Å². The summed E-state index contributed by atoms with van der Waals surface area (Å²) in [5, 5.41) is 0. The van der Waals surface area contributed by atoms with Crippen LogP contribution in [0.25, 0.3) is 0 Å².